The maximum absolute atomic E-state index is 13.2. The van der Waals surface area contributed by atoms with Gasteiger partial charge < -0.3 is 14.7 Å². The van der Waals surface area contributed by atoms with E-state index in [1.165, 1.54) is 4.90 Å². The minimum atomic E-state index is -0.461. The average molecular weight is 357 g/mol. The molecule has 1 fully saturated rings. The highest BCUT2D eigenvalue weighted by molar-refractivity contribution is 6.12. The highest BCUT2D eigenvalue weighted by atomic mass is 16.2. The third kappa shape index (κ3) is 3.45. The van der Waals surface area contributed by atoms with E-state index in [1.54, 1.807) is 35.0 Å². The van der Waals surface area contributed by atoms with Gasteiger partial charge in [-0.2, -0.15) is 0 Å². The second kappa shape index (κ2) is 7.89. The first kappa shape index (κ1) is 18.4. The Balaban J connectivity index is 1.92. The van der Waals surface area contributed by atoms with E-state index < -0.39 is 6.04 Å². The second-order valence-electron chi connectivity index (χ2n) is 7.12. The molecule has 1 aromatic carbocycles. The summed E-state index contributed by atoms with van der Waals surface area (Å²) in [5, 5.41) is 0. The summed E-state index contributed by atoms with van der Waals surface area (Å²) in [6.07, 6.45) is 4.44. The van der Waals surface area contributed by atoms with E-state index in [0.717, 1.165) is 25.7 Å². The van der Waals surface area contributed by atoms with Crippen LogP contribution in [0.25, 0.3) is 0 Å². The lowest BCUT2D eigenvalue weighted by Crippen LogP contribution is -2.52. The molecule has 0 saturated carbocycles. The fourth-order valence-corrected chi connectivity index (χ4v) is 3.71. The van der Waals surface area contributed by atoms with Crippen LogP contribution in [0.4, 0.5) is 5.69 Å². The second-order valence-corrected chi connectivity index (χ2v) is 7.12. The number of benzene rings is 1. The predicted octanol–water partition coefficient (Wildman–Crippen LogP) is 2.29. The Labute approximate surface area is 154 Å². The van der Waals surface area contributed by atoms with Crippen LogP contribution in [0.1, 0.15) is 49.4 Å². The summed E-state index contributed by atoms with van der Waals surface area (Å²) in [7, 11) is 1.77. The van der Waals surface area contributed by atoms with E-state index in [9.17, 15) is 14.4 Å². The van der Waals surface area contributed by atoms with Gasteiger partial charge in [0, 0.05) is 20.1 Å². The zero-order valence-corrected chi connectivity index (χ0v) is 15.6. The van der Waals surface area contributed by atoms with Gasteiger partial charge in [0.25, 0.3) is 5.91 Å². The van der Waals surface area contributed by atoms with Crippen molar-refractivity contribution < 1.29 is 14.4 Å². The van der Waals surface area contributed by atoms with Gasteiger partial charge in [0.1, 0.15) is 12.6 Å². The molecule has 26 heavy (non-hydrogen) atoms. The molecule has 6 nitrogen and oxygen atoms in total. The summed E-state index contributed by atoms with van der Waals surface area (Å²) in [5.41, 5.74) is 1.06. The summed E-state index contributed by atoms with van der Waals surface area (Å²) in [5.74, 6) is -0.341. The lowest BCUT2D eigenvalue weighted by Gasteiger charge is -2.34. The van der Waals surface area contributed by atoms with Gasteiger partial charge >= 0.3 is 0 Å². The van der Waals surface area contributed by atoms with Crippen LogP contribution < -0.4 is 4.90 Å². The van der Waals surface area contributed by atoms with Crippen LogP contribution in [0, 0.1) is 0 Å². The van der Waals surface area contributed by atoms with Gasteiger partial charge in [0.2, 0.25) is 11.8 Å². The molecule has 2 aliphatic heterocycles. The van der Waals surface area contributed by atoms with Gasteiger partial charge in [0.05, 0.1) is 11.3 Å². The molecule has 0 aromatic heterocycles. The number of amides is 3. The molecule has 0 radical (unpaired) electrons. The molecule has 1 saturated heterocycles. The first-order valence-electron chi connectivity index (χ1n) is 9.50. The Bertz CT molecular complexity index is 703. The Morgan fingerprint density at radius 1 is 1.23 bits per heavy atom. The highest BCUT2D eigenvalue weighted by Gasteiger charge is 2.41. The molecular weight excluding hydrogens is 330 g/mol. The fraction of sp³-hybridized carbons (Fsp3) is 0.550. The van der Waals surface area contributed by atoms with E-state index in [-0.39, 0.29) is 24.3 Å². The maximum Gasteiger partial charge on any atom is 0.256 e. The number of carbonyl (C=O) groups excluding carboxylic acids is 3. The molecule has 3 rings (SSSR count). The van der Waals surface area contributed by atoms with Crippen molar-refractivity contribution in [3.05, 3.63) is 29.8 Å². The summed E-state index contributed by atoms with van der Waals surface area (Å²) in [6, 6.07) is 6.67. The predicted molar refractivity (Wildman–Crippen MR) is 100 cm³/mol. The molecule has 0 spiro atoms. The van der Waals surface area contributed by atoms with E-state index in [0.29, 0.717) is 30.8 Å². The molecule has 1 atom stereocenters. The van der Waals surface area contributed by atoms with Crippen LogP contribution in [0.2, 0.25) is 0 Å². The molecule has 3 amide bonds. The molecule has 0 aliphatic carbocycles. The molecule has 1 unspecified atom stereocenters. The number of carbonyl (C=O) groups is 3. The number of unbranched alkanes of at least 4 members (excludes halogenated alkanes) is 1. The standard InChI is InChI=1S/C20H27N3O3/c1-3-4-12-21(2)18(24)14-23-16-10-6-5-9-15(16)19(25)22-13-8-7-11-17(22)20(23)26/h5-6,9-10,17H,3-4,7-8,11-14H2,1-2H3. The van der Waals surface area contributed by atoms with Crippen LogP contribution in [0.5, 0.6) is 0 Å². The number of likely N-dealkylation sites (N-methyl/N-ethyl adjacent to an activating group) is 1. The number of anilines is 1. The summed E-state index contributed by atoms with van der Waals surface area (Å²) < 4.78 is 0. The summed E-state index contributed by atoms with van der Waals surface area (Å²) in [6.45, 7) is 3.33. The summed E-state index contributed by atoms with van der Waals surface area (Å²) >= 11 is 0. The van der Waals surface area contributed by atoms with Crippen LogP contribution in [-0.4, -0.2) is 60.2 Å². The molecule has 0 N–H and O–H groups in total. The van der Waals surface area contributed by atoms with Crippen LogP contribution in [0.3, 0.4) is 0 Å². The molecule has 1 aromatic rings. The van der Waals surface area contributed by atoms with E-state index >= 15 is 0 Å². The van der Waals surface area contributed by atoms with E-state index in [2.05, 4.69) is 6.92 Å². The Kier molecular flexibility index (Phi) is 5.59. The van der Waals surface area contributed by atoms with Crippen molar-refractivity contribution in [2.24, 2.45) is 0 Å². The van der Waals surface area contributed by atoms with Crippen LogP contribution in [-0.2, 0) is 9.59 Å². The molecule has 0 bridgehead atoms. The number of hydrogen-bond acceptors (Lipinski definition) is 3. The Morgan fingerprint density at radius 2 is 2.00 bits per heavy atom. The smallest absolute Gasteiger partial charge is 0.256 e. The van der Waals surface area contributed by atoms with Crippen molar-refractivity contribution in [3.8, 4) is 0 Å². The zero-order chi connectivity index (χ0) is 18.7. The van der Waals surface area contributed by atoms with Crippen molar-refractivity contribution in [2.45, 2.75) is 45.1 Å². The third-order valence-electron chi connectivity index (χ3n) is 5.31. The van der Waals surface area contributed by atoms with E-state index in [4.69, 9.17) is 0 Å². The number of fused-ring (bicyclic) bond motifs is 2. The maximum atomic E-state index is 13.2. The van der Waals surface area contributed by atoms with Gasteiger partial charge in [-0.25, -0.2) is 0 Å². The average Bonchev–Trinajstić information content (AvgIpc) is 2.76. The van der Waals surface area contributed by atoms with Crippen molar-refractivity contribution in [1.29, 1.82) is 0 Å². The molecular formula is C20H27N3O3. The van der Waals surface area contributed by atoms with Gasteiger partial charge in [-0.05, 0) is 37.8 Å². The van der Waals surface area contributed by atoms with Gasteiger partial charge in [-0.3, -0.25) is 14.4 Å². The van der Waals surface area contributed by atoms with Crippen LogP contribution >= 0.6 is 0 Å². The topological polar surface area (TPSA) is 60.9 Å². The van der Waals surface area contributed by atoms with Gasteiger partial charge in [-0.1, -0.05) is 25.5 Å². The molecule has 6 heteroatoms. The minimum Gasteiger partial charge on any atom is -0.344 e. The van der Waals surface area contributed by atoms with Crippen molar-refractivity contribution >= 4 is 23.4 Å². The van der Waals surface area contributed by atoms with Crippen molar-refractivity contribution in [1.82, 2.24) is 9.80 Å². The fourth-order valence-electron chi connectivity index (χ4n) is 3.71. The highest BCUT2D eigenvalue weighted by Crippen LogP contribution is 2.31. The van der Waals surface area contributed by atoms with Crippen LogP contribution in [0.15, 0.2) is 24.3 Å². The van der Waals surface area contributed by atoms with Crippen molar-refractivity contribution in [3.63, 3.8) is 0 Å². The van der Waals surface area contributed by atoms with Crippen molar-refractivity contribution in [2.75, 3.05) is 31.6 Å². The quantitative estimate of drug-likeness (QED) is 0.812. The lowest BCUT2D eigenvalue weighted by atomic mass is 10.0. The molecule has 2 aliphatic rings. The SMILES string of the molecule is CCCCN(C)C(=O)CN1C(=O)C2CCCCN2C(=O)c2ccccc21. The number of rotatable bonds is 5. The summed E-state index contributed by atoms with van der Waals surface area (Å²) in [4.78, 5) is 43.7. The number of nitrogens with zero attached hydrogens (tertiary/aromatic N) is 3. The monoisotopic (exact) mass is 357 g/mol. The number of para-hydroxylation sites is 1. The normalized spacial score (nSPS) is 19.7. The van der Waals surface area contributed by atoms with Gasteiger partial charge in [0.15, 0.2) is 0 Å². The Morgan fingerprint density at radius 3 is 2.77 bits per heavy atom. The first-order chi connectivity index (χ1) is 12.5. The van der Waals surface area contributed by atoms with E-state index in [1.807, 2.05) is 6.07 Å². The molecule has 2 heterocycles. The lowest BCUT2D eigenvalue weighted by molar-refractivity contribution is -0.131. The number of hydrogen-bond donors (Lipinski definition) is 0. The largest absolute Gasteiger partial charge is 0.344 e. The minimum absolute atomic E-state index is 0.0202. The molecule has 140 valence electrons. The van der Waals surface area contributed by atoms with Gasteiger partial charge in [-0.15, -0.1) is 0 Å². The number of piperidine rings is 1. The zero-order valence-electron chi connectivity index (χ0n) is 15.6. The third-order valence-corrected chi connectivity index (χ3v) is 5.31. The first-order valence-corrected chi connectivity index (χ1v) is 9.50. The Hall–Kier alpha value is -2.37.